The third-order valence-electron chi connectivity index (χ3n) is 6.42. The standard InChI is InChI=1S/C20H29NO/c1-22-19-7-4-6-17(13-19)20-10-3-2-5-18(20)15-21(12-11-20)14-16-8-9-16/h4,6-7,13,16,18H,2-3,5,8-12,14-15H2,1H3/t18-,20+/m1/s1. The molecule has 2 saturated carbocycles. The molecular formula is C20H29NO. The van der Waals surface area contributed by atoms with Gasteiger partial charge in [0.15, 0.2) is 0 Å². The quantitative estimate of drug-likeness (QED) is 0.824. The Bertz CT molecular complexity index is 524. The molecule has 1 aromatic carbocycles. The van der Waals surface area contributed by atoms with Crippen LogP contribution < -0.4 is 4.74 Å². The van der Waals surface area contributed by atoms with Gasteiger partial charge in [-0.15, -0.1) is 0 Å². The van der Waals surface area contributed by atoms with Crippen LogP contribution in [0.1, 0.15) is 50.5 Å². The lowest BCUT2D eigenvalue weighted by atomic mass is 9.59. The van der Waals surface area contributed by atoms with Crippen molar-refractivity contribution in [3.63, 3.8) is 0 Å². The zero-order valence-electron chi connectivity index (χ0n) is 13.9. The Kier molecular flexibility index (Phi) is 3.89. The molecule has 22 heavy (non-hydrogen) atoms. The molecule has 2 atom stereocenters. The van der Waals surface area contributed by atoms with Gasteiger partial charge in [0.05, 0.1) is 7.11 Å². The van der Waals surface area contributed by atoms with Crippen molar-refractivity contribution in [1.29, 1.82) is 0 Å². The Morgan fingerprint density at radius 1 is 1.18 bits per heavy atom. The summed E-state index contributed by atoms with van der Waals surface area (Å²) in [6.07, 6.45) is 9.91. The molecule has 120 valence electrons. The average Bonchev–Trinajstić information content (AvgIpc) is 3.39. The minimum Gasteiger partial charge on any atom is -0.497 e. The highest BCUT2D eigenvalue weighted by Crippen LogP contribution is 2.50. The van der Waals surface area contributed by atoms with E-state index in [0.29, 0.717) is 5.41 Å². The van der Waals surface area contributed by atoms with E-state index in [-0.39, 0.29) is 0 Å². The van der Waals surface area contributed by atoms with E-state index in [9.17, 15) is 0 Å². The van der Waals surface area contributed by atoms with E-state index < -0.39 is 0 Å². The van der Waals surface area contributed by atoms with E-state index in [1.807, 2.05) is 0 Å². The lowest BCUT2D eigenvalue weighted by Gasteiger charge is -2.51. The second kappa shape index (κ2) is 5.88. The van der Waals surface area contributed by atoms with Crippen LogP contribution in [0.4, 0.5) is 0 Å². The molecule has 2 heteroatoms. The molecule has 3 fully saturated rings. The van der Waals surface area contributed by atoms with Crippen LogP contribution in [0.5, 0.6) is 5.75 Å². The van der Waals surface area contributed by atoms with Crippen LogP contribution in [-0.4, -0.2) is 31.6 Å². The molecule has 3 aliphatic rings. The largest absolute Gasteiger partial charge is 0.497 e. The van der Waals surface area contributed by atoms with E-state index in [4.69, 9.17) is 4.74 Å². The summed E-state index contributed by atoms with van der Waals surface area (Å²) in [6.45, 7) is 3.99. The summed E-state index contributed by atoms with van der Waals surface area (Å²) in [5.74, 6) is 2.89. The fraction of sp³-hybridized carbons (Fsp3) is 0.700. The normalized spacial score (nSPS) is 32.5. The van der Waals surface area contributed by atoms with Crippen LogP contribution in [-0.2, 0) is 5.41 Å². The van der Waals surface area contributed by atoms with E-state index >= 15 is 0 Å². The lowest BCUT2D eigenvalue weighted by molar-refractivity contribution is 0.0537. The molecule has 0 radical (unpaired) electrons. The monoisotopic (exact) mass is 299 g/mol. The van der Waals surface area contributed by atoms with Gasteiger partial charge in [-0.1, -0.05) is 25.0 Å². The molecule has 0 unspecified atom stereocenters. The zero-order chi connectivity index (χ0) is 15.0. The summed E-state index contributed by atoms with van der Waals surface area (Å²) < 4.78 is 5.49. The minimum absolute atomic E-state index is 0.423. The van der Waals surface area contributed by atoms with Crippen LogP contribution in [0.2, 0.25) is 0 Å². The molecule has 0 amide bonds. The van der Waals surface area contributed by atoms with Gasteiger partial charge in [0, 0.05) is 18.5 Å². The first kappa shape index (κ1) is 14.6. The van der Waals surface area contributed by atoms with Gasteiger partial charge in [-0.05, 0) is 68.2 Å². The molecule has 4 rings (SSSR count). The number of rotatable bonds is 4. The summed E-state index contributed by atoms with van der Waals surface area (Å²) in [6, 6.07) is 8.94. The average molecular weight is 299 g/mol. The van der Waals surface area contributed by atoms with E-state index in [0.717, 1.165) is 17.6 Å². The van der Waals surface area contributed by atoms with Crippen LogP contribution in [0.15, 0.2) is 24.3 Å². The van der Waals surface area contributed by atoms with Crippen LogP contribution in [0.3, 0.4) is 0 Å². The number of nitrogens with zero attached hydrogens (tertiary/aromatic N) is 1. The van der Waals surface area contributed by atoms with Crippen molar-refractivity contribution in [2.24, 2.45) is 11.8 Å². The van der Waals surface area contributed by atoms with Gasteiger partial charge < -0.3 is 9.64 Å². The molecule has 0 aromatic heterocycles. The lowest BCUT2D eigenvalue weighted by Crippen LogP contribution is -2.51. The Balaban J connectivity index is 1.59. The number of hydrogen-bond acceptors (Lipinski definition) is 2. The van der Waals surface area contributed by atoms with Gasteiger partial charge in [-0.2, -0.15) is 0 Å². The molecule has 0 bridgehead atoms. The van der Waals surface area contributed by atoms with E-state index in [2.05, 4.69) is 29.2 Å². The first-order valence-electron chi connectivity index (χ1n) is 9.17. The van der Waals surface area contributed by atoms with Crippen molar-refractivity contribution < 1.29 is 4.74 Å². The number of piperidine rings is 1. The predicted molar refractivity (Wildman–Crippen MR) is 90.4 cm³/mol. The summed E-state index contributed by atoms with van der Waals surface area (Å²) in [7, 11) is 1.79. The van der Waals surface area contributed by atoms with Crippen molar-refractivity contribution in [2.45, 2.75) is 50.4 Å². The Labute approximate surface area is 134 Å². The first-order valence-corrected chi connectivity index (χ1v) is 9.17. The van der Waals surface area contributed by atoms with Gasteiger partial charge in [-0.25, -0.2) is 0 Å². The fourth-order valence-corrected chi connectivity index (χ4v) is 4.96. The molecule has 1 saturated heterocycles. The van der Waals surface area contributed by atoms with Crippen LogP contribution in [0, 0.1) is 11.8 Å². The molecular weight excluding hydrogens is 270 g/mol. The second-order valence-corrected chi connectivity index (χ2v) is 7.78. The minimum atomic E-state index is 0.423. The predicted octanol–water partition coefficient (Wildman–Crippen LogP) is 4.24. The highest BCUT2D eigenvalue weighted by atomic mass is 16.5. The topological polar surface area (TPSA) is 12.5 Å². The van der Waals surface area contributed by atoms with Crippen molar-refractivity contribution in [3.05, 3.63) is 29.8 Å². The second-order valence-electron chi connectivity index (χ2n) is 7.78. The number of methoxy groups -OCH3 is 1. The van der Waals surface area contributed by atoms with E-state index in [1.54, 1.807) is 12.7 Å². The number of hydrogen-bond donors (Lipinski definition) is 0. The van der Waals surface area contributed by atoms with Crippen molar-refractivity contribution >= 4 is 0 Å². The summed E-state index contributed by atoms with van der Waals surface area (Å²) >= 11 is 0. The summed E-state index contributed by atoms with van der Waals surface area (Å²) in [4.78, 5) is 2.77. The third-order valence-corrected chi connectivity index (χ3v) is 6.42. The molecule has 1 aromatic rings. The van der Waals surface area contributed by atoms with Crippen molar-refractivity contribution in [3.8, 4) is 5.75 Å². The maximum atomic E-state index is 5.49. The molecule has 0 N–H and O–H groups in total. The Morgan fingerprint density at radius 2 is 2.09 bits per heavy atom. The summed E-state index contributed by atoms with van der Waals surface area (Å²) in [5, 5.41) is 0. The molecule has 1 aliphatic heterocycles. The maximum Gasteiger partial charge on any atom is 0.119 e. The highest BCUT2D eigenvalue weighted by molar-refractivity contribution is 5.35. The molecule has 2 nitrogen and oxygen atoms in total. The van der Waals surface area contributed by atoms with Crippen molar-refractivity contribution in [1.82, 2.24) is 4.90 Å². The molecule has 1 heterocycles. The Morgan fingerprint density at radius 3 is 2.91 bits per heavy atom. The number of benzene rings is 1. The van der Waals surface area contributed by atoms with Crippen LogP contribution >= 0.6 is 0 Å². The van der Waals surface area contributed by atoms with Crippen LogP contribution in [0.25, 0.3) is 0 Å². The maximum absolute atomic E-state index is 5.49. The SMILES string of the molecule is COc1cccc([C@@]23CCCC[C@@H]2CN(CC2CC2)CC3)c1. The van der Waals surface area contributed by atoms with Gasteiger partial charge >= 0.3 is 0 Å². The number of likely N-dealkylation sites (tertiary alicyclic amines) is 1. The Hall–Kier alpha value is -1.02. The van der Waals surface area contributed by atoms with Gasteiger partial charge in [-0.3, -0.25) is 0 Å². The molecule has 2 aliphatic carbocycles. The fourth-order valence-electron chi connectivity index (χ4n) is 4.96. The first-order chi connectivity index (χ1) is 10.8. The van der Waals surface area contributed by atoms with Gasteiger partial charge in [0.1, 0.15) is 5.75 Å². The van der Waals surface area contributed by atoms with Gasteiger partial charge in [0.25, 0.3) is 0 Å². The zero-order valence-corrected chi connectivity index (χ0v) is 13.9. The van der Waals surface area contributed by atoms with E-state index in [1.165, 1.54) is 64.6 Å². The number of fused-ring (bicyclic) bond motifs is 1. The highest BCUT2D eigenvalue weighted by Gasteiger charge is 2.45. The third kappa shape index (κ3) is 2.67. The molecule has 0 spiro atoms. The smallest absolute Gasteiger partial charge is 0.119 e. The number of ether oxygens (including phenoxy) is 1. The summed E-state index contributed by atoms with van der Waals surface area (Å²) in [5.41, 5.74) is 1.97. The van der Waals surface area contributed by atoms with Crippen molar-refractivity contribution in [2.75, 3.05) is 26.7 Å². The van der Waals surface area contributed by atoms with Gasteiger partial charge in [0.2, 0.25) is 0 Å².